The first-order valence-electron chi connectivity index (χ1n) is 7.43. The van der Waals surface area contributed by atoms with Crippen molar-refractivity contribution in [1.29, 1.82) is 0 Å². The molecule has 100 valence electrons. The van der Waals surface area contributed by atoms with E-state index in [1.54, 1.807) is 0 Å². The Hall–Kier alpha value is -0.820. The van der Waals surface area contributed by atoms with Gasteiger partial charge in [0.25, 0.3) is 0 Å². The molecule has 0 saturated heterocycles. The van der Waals surface area contributed by atoms with Gasteiger partial charge in [0.15, 0.2) is 0 Å². The summed E-state index contributed by atoms with van der Waals surface area (Å²) < 4.78 is 0. The van der Waals surface area contributed by atoms with E-state index in [1.165, 1.54) is 49.8 Å². The Kier molecular flexibility index (Phi) is 4.45. The van der Waals surface area contributed by atoms with Gasteiger partial charge in [0.05, 0.1) is 0 Å². The molecular formula is C17H27N. The average Bonchev–Trinajstić information content (AvgIpc) is 2.79. The van der Waals surface area contributed by atoms with Gasteiger partial charge in [0, 0.05) is 12.6 Å². The standard InChI is InChI=1S/C17H27N/c1-4-16(15-9-7-14(2)8-10-15)18-13-17(3)11-5-6-12-17/h7-10,16,18H,4-6,11-13H2,1-3H3. The number of benzene rings is 1. The quantitative estimate of drug-likeness (QED) is 0.798. The highest BCUT2D eigenvalue weighted by atomic mass is 14.9. The van der Waals surface area contributed by atoms with Gasteiger partial charge in [-0.15, -0.1) is 0 Å². The third-order valence-corrected chi connectivity index (χ3v) is 4.47. The summed E-state index contributed by atoms with van der Waals surface area (Å²) in [4.78, 5) is 0. The topological polar surface area (TPSA) is 12.0 Å². The minimum Gasteiger partial charge on any atom is -0.309 e. The Morgan fingerprint density at radius 2 is 1.78 bits per heavy atom. The third-order valence-electron chi connectivity index (χ3n) is 4.47. The molecule has 2 rings (SSSR count). The lowest BCUT2D eigenvalue weighted by Gasteiger charge is -2.27. The van der Waals surface area contributed by atoms with Gasteiger partial charge in [0.1, 0.15) is 0 Å². The second kappa shape index (κ2) is 5.88. The van der Waals surface area contributed by atoms with Gasteiger partial charge in [-0.3, -0.25) is 0 Å². The summed E-state index contributed by atoms with van der Waals surface area (Å²) in [6, 6.07) is 9.50. The molecule has 1 aromatic rings. The minimum absolute atomic E-state index is 0.517. The lowest BCUT2D eigenvalue weighted by atomic mass is 9.88. The van der Waals surface area contributed by atoms with E-state index in [1.807, 2.05) is 0 Å². The van der Waals surface area contributed by atoms with E-state index < -0.39 is 0 Å². The largest absolute Gasteiger partial charge is 0.309 e. The second-order valence-corrected chi connectivity index (χ2v) is 6.27. The van der Waals surface area contributed by atoms with Crippen molar-refractivity contribution in [2.45, 2.75) is 58.9 Å². The van der Waals surface area contributed by atoms with E-state index in [4.69, 9.17) is 0 Å². The fourth-order valence-electron chi connectivity index (χ4n) is 3.07. The Bertz CT molecular complexity index is 360. The van der Waals surface area contributed by atoms with Crippen LogP contribution < -0.4 is 5.32 Å². The fraction of sp³-hybridized carbons (Fsp3) is 0.647. The van der Waals surface area contributed by atoms with Gasteiger partial charge in [-0.05, 0) is 37.2 Å². The maximum absolute atomic E-state index is 3.79. The maximum Gasteiger partial charge on any atom is 0.0317 e. The zero-order valence-electron chi connectivity index (χ0n) is 12.1. The van der Waals surface area contributed by atoms with Crippen LogP contribution in [0.5, 0.6) is 0 Å². The molecule has 1 fully saturated rings. The molecule has 18 heavy (non-hydrogen) atoms. The van der Waals surface area contributed by atoms with Gasteiger partial charge < -0.3 is 5.32 Å². The van der Waals surface area contributed by atoms with Crippen molar-refractivity contribution in [3.63, 3.8) is 0 Å². The number of nitrogens with one attached hydrogen (secondary N) is 1. The average molecular weight is 245 g/mol. The highest BCUT2D eigenvalue weighted by molar-refractivity contribution is 5.24. The summed E-state index contributed by atoms with van der Waals surface area (Å²) in [6.45, 7) is 8.03. The van der Waals surface area contributed by atoms with Crippen molar-refractivity contribution in [2.24, 2.45) is 5.41 Å². The number of hydrogen-bond acceptors (Lipinski definition) is 1. The Morgan fingerprint density at radius 3 is 2.33 bits per heavy atom. The van der Waals surface area contributed by atoms with Gasteiger partial charge in [-0.2, -0.15) is 0 Å². The normalized spacial score (nSPS) is 19.9. The van der Waals surface area contributed by atoms with Crippen molar-refractivity contribution < 1.29 is 0 Å². The molecule has 0 bridgehead atoms. The van der Waals surface area contributed by atoms with E-state index in [2.05, 4.69) is 50.4 Å². The Balaban J connectivity index is 1.95. The smallest absolute Gasteiger partial charge is 0.0317 e. The second-order valence-electron chi connectivity index (χ2n) is 6.27. The van der Waals surface area contributed by atoms with E-state index >= 15 is 0 Å². The van der Waals surface area contributed by atoms with E-state index in [-0.39, 0.29) is 0 Å². The van der Waals surface area contributed by atoms with Crippen molar-refractivity contribution in [2.75, 3.05) is 6.54 Å². The molecule has 1 aromatic carbocycles. The molecular weight excluding hydrogens is 218 g/mol. The first-order valence-corrected chi connectivity index (χ1v) is 7.43. The molecule has 0 heterocycles. The van der Waals surface area contributed by atoms with Crippen LogP contribution in [0.3, 0.4) is 0 Å². The zero-order chi connectivity index (χ0) is 13.0. The van der Waals surface area contributed by atoms with Gasteiger partial charge in [-0.25, -0.2) is 0 Å². The summed E-state index contributed by atoms with van der Waals surface area (Å²) in [7, 11) is 0. The molecule has 0 radical (unpaired) electrons. The van der Waals surface area contributed by atoms with Gasteiger partial charge >= 0.3 is 0 Å². The van der Waals surface area contributed by atoms with E-state index in [0.29, 0.717) is 11.5 Å². The fourth-order valence-corrected chi connectivity index (χ4v) is 3.07. The predicted molar refractivity (Wildman–Crippen MR) is 78.8 cm³/mol. The van der Waals surface area contributed by atoms with Crippen molar-refractivity contribution in [1.82, 2.24) is 5.32 Å². The lowest BCUT2D eigenvalue weighted by Crippen LogP contribution is -2.32. The number of rotatable bonds is 5. The molecule has 1 atom stereocenters. The molecule has 1 heteroatoms. The SMILES string of the molecule is CCC(NCC1(C)CCCC1)c1ccc(C)cc1. The van der Waals surface area contributed by atoms with Crippen molar-refractivity contribution >= 4 is 0 Å². The monoisotopic (exact) mass is 245 g/mol. The molecule has 0 aromatic heterocycles. The summed E-state index contributed by atoms with van der Waals surface area (Å²) >= 11 is 0. The van der Waals surface area contributed by atoms with Crippen LogP contribution >= 0.6 is 0 Å². The highest BCUT2D eigenvalue weighted by Gasteiger charge is 2.28. The van der Waals surface area contributed by atoms with Crippen LogP contribution in [-0.2, 0) is 0 Å². The highest BCUT2D eigenvalue weighted by Crippen LogP contribution is 2.37. The summed E-state index contributed by atoms with van der Waals surface area (Å²) in [6.07, 6.45) is 6.78. The lowest BCUT2D eigenvalue weighted by molar-refractivity contribution is 0.295. The molecule has 1 unspecified atom stereocenters. The van der Waals surface area contributed by atoms with Crippen LogP contribution in [0.1, 0.15) is 63.1 Å². The molecule has 0 amide bonds. The maximum atomic E-state index is 3.79. The van der Waals surface area contributed by atoms with Crippen LogP contribution in [0, 0.1) is 12.3 Å². The molecule has 1 saturated carbocycles. The van der Waals surface area contributed by atoms with Gasteiger partial charge in [-0.1, -0.05) is 56.5 Å². The Morgan fingerprint density at radius 1 is 1.17 bits per heavy atom. The first-order chi connectivity index (χ1) is 8.63. The first kappa shape index (κ1) is 13.6. The molecule has 1 N–H and O–H groups in total. The van der Waals surface area contributed by atoms with Crippen LogP contribution in [0.2, 0.25) is 0 Å². The van der Waals surface area contributed by atoms with Crippen LogP contribution in [-0.4, -0.2) is 6.54 Å². The summed E-state index contributed by atoms with van der Waals surface area (Å²) in [5.41, 5.74) is 3.32. The van der Waals surface area contributed by atoms with Crippen LogP contribution in [0.25, 0.3) is 0 Å². The molecule has 1 aliphatic carbocycles. The van der Waals surface area contributed by atoms with E-state index in [0.717, 1.165) is 0 Å². The van der Waals surface area contributed by atoms with E-state index in [9.17, 15) is 0 Å². The summed E-state index contributed by atoms with van der Waals surface area (Å²) in [5, 5.41) is 3.79. The minimum atomic E-state index is 0.517. The predicted octanol–water partition coefficient (Wildman–Crippen LogP) is 4.62. The van der Waals surface area contributed by atoms with Crippen LogP contribution in [0.4, 0.5) is 0 Å². The molecule has 1 nitrogen and oxygen atoms in total. The third kappa shape index (κ3) is 3.35. The van der Waals surface area contributed by atoms with Gasteiger partial charge in [0.2, 0.25) is 0 Å². The zero-order valence-corrected chi connectivity index (χ0v) is 12.1. The molecule has 0 aliphatic heterocycles. The van der Waals surface area contributed by atoms with Crippen molar-refractivity contribution in [3.05, 3.63) is 35.4 Å². The molecule has 1 aliphatic rings. The summed E-state index contributed by atoms with van der Waals surface area (Å²) in [5.74, 6) is 0. The van der Waals surface area contributed by atoms with Crippen LogP contribution in [0.15, 0.2) is 24.3 Å². The Labute approximate surface area is 112 Å². The number of aryl methyl sites for hydroxylation is 1. The molecule has 0 spiro atoms. The van der Waals surface area contributed by atoms with Crippen molar-refractivity contribution in [3.8, 4) is 0 Å². The number of hydrogen-bond donors (Lipinski definition) is 1.